The molecule has 1 heterocycles. The molecule has 0 bridgehead atoms. The van der Waals surface area contributed by atoms with Crippen molar-refractivity contribution in [3.05, 3.63) is 47.7 Å². The van der Waals surface area contributed by atoms with Crippen molar-refractivity contribution in [1.82, 2.24) is 15.5 Å². The Kier molecular flexibility index (Phi) is 4.10. The van der Waals surface area contributed by atoms with E-state index in [0.717, 1.165) is 6.42 Å². The standard InChI is InChI=1S/C14H19N3O/c1-4-12(15-3)14-17-16-13(18-14)10(2)11-8-6-5-7-9-11/h5-10,12,15H,4H2,1-3H3. The molecule has 2 aromatic rings. The highest BCUT2D eigenvalue weighted by Crippen LogP contribution is 2.24. The van der Waals surface area contributed by atoms with Gasteiger partial charge in [-0.25, -0.2) is 0 Å². The summed E-state index contributed by atoms with van der Waals surface area (Å²) in [6.07, 6.45) is 0.928. The fourth-order valence-corrected chi connectivity index (χ4v) is 1.95. The molecule has 4 heteroatoms. The Labute approximate surface area is 107 Å². The Hall–Kier alpha value is -1.68. The normalized spacial score (nSPS) is 14.4. The minimum absolute atomic E-state index is 0.127. The summed E-state index contributed by atoms with van der Waals surface area (Å²) < 4.78 is 5.76. The zero-order chi connectivity index (χ0) is 13.0. The minimum Gasteiger partial charge on any atom is -0.423 e. The van der Waals surface area contributed by atoms with Crippen LogP contribution in [0.3, 0.4) is 0 Å². The Balaban J connectivity index is 2.20. The molecule has 0 aliphatic carbocycles. The lowest BCUT2D eigenvalue weighted by atomic mass is 10.0. The molecule has 0 aliphatic heterocycles. The van der Waals surface area contributed by atoms with Gasteiger partial charge in [0.25, 0.3) is 0 Å². The molecule has 1 N–H and O–H groups in total. The van der Waals surface area contributed by atoms with E-state index in [-0.39, 0.29) is 12.0 Å². The second kappa shape index (κ2) is 5.78. The summed E-state index contributed by atoms with van der Waals surface area (Å²) in [4.78, 5) is 0. The summed E-state index contributed by atoms with van der Waals surface area (Å²) in [5, 5.41) is 11.4. The zero-order valence-electron chi connectivity index (χ0n) is 11.1. The van der Waals surface area contributed by atoms with Gasteiger partial charge in [-0.3, -0.25) is 0 Å². The van der Waals surface area contributed by atoms with Gasteiger partial charge in [0, 0.05) is 0 Å². The average molecular weight is 245 g/mol. The van der Waals surface area contributed by atoms with Gasteiger partial charge >= 0.3 is 0 Å². The van der Waals surface area contributed by atoms with E-state index in [1.54, 1.807) is 0 Å². The molecule has 0 fully saturated rings. The third-order valence-corrected chi connectivity index (χ3v) is 3.18. The molecule has 0 amide bonds. The summed E-state index contributed by atoms with van der Waals surface area (Å²) in [6, 6.07) is 10.3. The van der Waals surface area contributed by atoms with Gasteiger partial charge < -0.3 is 9.73 Å². The first kappa shape index (κ1) is 12.8. The Bertz CT molecular complexity index is 477. The van der Waals surface area contributed by atoms with E-state index in [0.29, 0.717) is 11.8 Å². The maximum atomic E-state index is 5.76. The van der Waals surface area contributed by atoms with Crippen LogP contribution < -0.4 is 5.32 Å². The molecule has 1 aromatic heterocycles. The van der Waals surface area contributed by atoms with Crippen LogP contribution in [0.1, 0.15) is 49.6 Å². The van der Waals surface area contributed by atoms with Gasteiger partial charge in [0.05, 0.1) is 12.0 Å². The van der Waals surface area contributed by atoms with Crippen LogP contribution in [-0.4, -0.2) is 17.2 Å². The number of benzene rings is 1. The largest absolute Gasteiger partial charge is 0.423 e. The number of hydrogen-bond donors (Lipinski definition) is 1. The number of nitrogens with zero attached hydrogens (tertiary/aromatic N) is 2. The predicted molar refractivity (Wildman–Crippen MR) is 70.3 cm³/mol. The summed E-state index contributed by atoms with van der Waals surface area (Å²) in [7, 11) is 1.90. The van der Waals surface area contributed by atoms with Crippen molar-refractivity contribution in [2.45, 2.75) is 32.2 Å². The van der Waals surface area contributed by atoms with Crippen LogP contribution in [0.4, 0.5) is 0 Å². The van der Waals surface area contributed by atoms with Crippen molar-refractivity contribution in [1.29, 1.82) is 0 Å². The van der Waals surface area contributed by atoms with E-state index in [1.807, 2.05) is 25.2 Å². The molecular formula is C14H19N3O. The number of hydrogen-bond acceptors (Lipinski definition) is 4. The van der Waals surface area contributed by atoms with Crippen LogP contribution in [0.5, 0.6) is 0 Å². The molecule has 0 saturated carbocycles. The second-order valence-corrected chi connectivity index (χ2v) is 4.36. The van der Waals surface area contributed by atoms with Crippen molar-refractivity contribution in [3.8, 4) is 0 Å². The fourth-order valence-electron chi connectivity index (χ4n) is 1.95. The molecule has 0 aliphatic rings. The van der Waals surface area contributed by atoms with Crippen molar-refractivity contribution >= 4 is 0 Å². The van der Waals surface area contributed by atoms with Gasteiger partial charge in [0.15, 0.2) is 0 Å². The summed E-state index contributed by atoms with van der Waals surface area (Å²) in [5.41, 5.74) is 1.19. The molecule has 2 unspecified atom stereocenters. The van der Waals surface area contributed by atoms with Gasteiger partial charge in [0.1, 0.15) is 0 Å². The van der Waals surface area contributed by atoms with E-state index in [2.05, 4.69) is 41.5 Å². The van der Waals surface area contributed by atoms with Gasteiger partial charge in [-0.2, -0.15) is 0 Å². The summed E-state index contributed by atoms with van der Waals surface area (Å²) >= 11 is 0. The number of rotatable bonds is 5. The van der Waals surface area contributed by atoms with Crippen LogP contribution in [0.2, 0.25) is 0 Å². The van der Waals surface area contributed by atoms with Crippen molar-refractivity contribution in [2.24, 2.45) is 0 Å². The van der Waals surface area contributed by atoms with Crippen molar-refractivity contribution < 1.29 is 4.42 Å². The maximum Gasteiger partial charge on any atom is 0.233 e. The van der Waals surface area contributed by atoms with Crippen molar-refractivity contribution in [3.63, 3.8) is 0 Å². The molecule has 2 atom stereocenters. The smallest absolute Gasteiger partial charge is 0.233 e. The quantitative estimate of drug-likeness (QED) is 0.880. The average Bonchev–Trinajstić information content (AvgIpc) is 2.90. The molecule has 96 valence electrons. The highest BCUT2D eigenvalue weighted by atomic mass is 16.4. The summed E-state index contributed by atoms with van der Waals surface area (Å²) in [5.74, 6) is 1.46. The van der Waals surface area contributed by atoms with Gasteiger partial charge in [-0.05, 0) is 26.0 Å². The van der Waals surface area contributed by atoms with Crippen LogP contribution >= 0.6 is 0 Å². The lowest BCUT2D eigenvalue weighted by Crippen LogP contribution is -2.15. The molecule has 18 heavy (non-hydrogen) atoms. The third kappa shape index (κ3) is 2.59. The molecule has 4 nitrogen and oxygen atoms in total. The molecule has 0 spiro atoms. The SMILES string of the molecule is CCC(NC)c1nnc(C(C)c2ccccc2)o1. The third-order valence-electron chi connectivity index (χ3n) is 3.18. The first-order chi connectivity index (χ1) is 8.76. The zero-order valence-corrected chi connectivity index (χ0v) is 11.1. The first-order valence-corrected chi connectivity index (χ1v) is 6.31. The van der Waals surface area contributed by atoms with E-state index < -0.39 is 0 Å². The van der Waals surface area contributed by atoms with Gasteiger partial charge in [0.2, 0.25) is 11.8 Å². The molecule has 2 rings (SSSR count). The lowest BCUT2D eigenvalue weighted by molar-refractivity contribution is 0.381. The first-order valence-electron chi connectivity index (χ1n) is 6.31. The lowest BCUT2D eigenvalue weighted by Gasteiger charge is -2.09. The van der Waals surface area contributed by atoms with E-state index in [1.165, 1.54) is 5.56 Å². The molecular weight excluding hydrogens is 226 g/mol. The van der Waals surface area contributed by atoms with Crippen LogP contribution in [0.25, 0.3) is 0 Å². The number of aromatic nitrogens is 2. The highest BCUT2D eigenvalue weighted by Gasteiger charge is 2.19. The second-order valence-electron chi connectivity index (χ2n) is 4.36. The van der Waals surface area contributed by atoms with E-state index in [4.69, 9.17) is 4.42 Å². The van der Waals surface area contributed by atoms with Gasteiger partial charge in [-0.15, -0.1) is 10.2 Å². The fraction of sp³-hybridized carbons (Fsp3) is 0.429. The Morgan fingerprint density at radius 3 is 2.44 bits per heavy atom. The monoisotopic (exact) mass is 245 g/mol. The number of nitrogens with one attached hydrogen (secondary N) is 1. The Morgan fingerprint density at radius 1 is 1.17 bits per heavy atom. The topological polar surface area (TPSA) is 51.0 Å². The van der Waals surface area contributed by atoms with Crippen LogP contribution in [0, 0.1) is 0 Å². The minimum atomic E-state index is 0.127. The maximum absolute atomic E-state index is 5.76. The van der Waals surface area contributed by atoms with Crippen LogP contribution in [0.15, 0.2) is 34.7 Å². The molecule has 0 saturated heterocycles. The molecule has 0 radical (unpaired) electrons. The Morgan fingerprint density at radius 2 is 1.83 bits per heavy atom. The summed E-state index contributed by atoms with van der Waals surface area (Å²) in [6.45, 7) is 4.17. The van der Waals surface area contributed by atoms with Gasteiger partial charge in [-0.1, -0.05) is 37.3 Å². The highest BCUT2D eigenvalue weighted by molar-refractivity contribution is 5.23. The van der Waals surface area contributed by atoms with Crippen LogP contribution in [-0.2, 0) is 0 Å². The van der Waals surface area contributed by atoms with E-state index >= 15 is 0 Å². The van der Waals surface area contributed by atoms with E-state index in [9.17, 15) is 0 Å². The molecule has 1 aromatic carbocycles. The predicted octanol–water partition coefficient (Wildman–Crippen LogP) is 2.89. The van der Waals surface area contributed by atoms with Crippen molar-refractivity contribution in [2.75, 3.05) is 7.05 Å².